The lowest BCUT2D eigenvalue weighted by atomic mass is 10.00. The van der Waals surface area contributed by atoms with E-state index >= 15 is 0 Å². The summed E-state index contributed by atoms with van der Waals surface area (Å²) in [5, 5.41) is 0. The average molecular weight is 229 g/mol. The third-order valence-electron chi connectivity index (χ3n) is 3.86. The van der Waals surface area contributed by atoms with Crippen molar-refractivity contribution >= 4 is 11.6 Å². The van der Waals surface area contributed by atoms with Crippen molar-refractivity contribution in [3.63, 3.8) is 0 Å². The molecule has 0 N–H and O–H groups in total. The highest BCUT2D eigenvalue weighted by molar-refractivity contribution is 5.98. The van der Waals surface area contributed by atoms with Crippen molar-refractivity contribution in [1.82, 2.24) is 0 Å². The van der Waals surface area contributed by atoms with Crippen LogP contribution in [0.3, 0.4) is 0 Å². The molecule has 1 saturated carbocycles. The fourth-order valence-corrected chi connectivity index (χ4v) is 2.56. The van der Waals surface area contributed by atoms with Crippen LogP contribution < -0.4 is 4.90 Å². The van der Waals surface area contributed by atoms with Crippen molar-refractivity contribution in [2.24, 2.45) is 5.92 Å². The molecule has 0 saturated heterocycles. The number of rotatable bonds is 2. The zero-order valence-electron chi connectivity index (χ0n) is 10.6. The van der Waals surface area contributed by atoms with Crippen LogP contribution in [0.15, 0.2) is 18.2 Å². The number of carbonyl (C=O) groups excluding carboxylic acids is 1. The van der Waals surface area contributed by atoms with Gasteiger partial charge in [-0.1, -0.05) is 26.0 Å². The standard InChI is InChI=1S/C15H19NO/c1-10(2)12-5-6-14-13(9-12)7-8-16(14)15(17)11-3-4-11/h5-6,9-11H,3-4,7-8H2,1-2H3. The second-order valence-electron chi connectivity index (χ2n) is 5.56. The first-order chi connectivity index (χ1) is 8.16. The third-order valence-corrected chi connectivity index (χ3v) is 3.86. The molecule has 0 bridgehead atoms. The fraction of sp³-hybridized carbons (Fsp3) is 0.533. The van der Waals surface area contributed by atoms with Crippen LogP contribution in [0.1, 0.15) is 43.7 Å². The highest BCUT2D eigenvalue weighted by Gasteiger charge is 2.36. The molecule has 0 radical (unpaired) electrons. The van der Waals surface area contributed by atoms with Gasteiger partial charge in [-0.05, 0) is 42.4 Å². The molecule has 2 aliphatic rings. The zero-order chi connectivity index (χ0) is 12.0. The number of anilines is 1. The summed E-state index contributed by atoms with van der Waals surface area (Å²) >= 11 is 0. The Morgan fingerprint density at radius 3 is 2.76 bits per heavy atom. The molecule has 1 aliphatic carbocycles. The van der Waals surface area contributed by atoms with Gasteiger partial charge in [0, 0.05) is 18.2 Å². The SMILES string of the molecule is CC(C)c1ccc2c(c1)CCN2C(=O)C1CC1. The van der Waals surface area contributed by atoms with Gasteiger partial charge in [-0.15, -0.1) is 0 Å². The van der Waals surface area contributed by atoms with Crippen LogP contribution in [0.25, 0.3) is 0 Å². The second kappa shape index (κ2) is 3.86. The molecule has 1 aromatic carbocycles. The number of amides is 1. The van der Waals surface area contributed by atoms with Gasteiger partial charge < -0.3 is 4.90 Å². The van der Waals surface area contributed by atoms with Crippen LogP contribution in [0, 0.1) is 5.92 Å². The molecule has 1 heterocycles. The van der Waals surface area contributed by atoms with Crippen molar-refractivity contribution in [1.29, 1.82) is 0 Å². The van der Waals surface area contributed by atoms with Crippen molar-refractivity contribution in [2.45, 2.75) is 39.0 Å². The molecular formula is C15H19NO. The van der Waals surface area contributed by atoms with E-state index < -0.39 is 0 Å². The molecule has 0 unspecified atom stereocenters. The third kappa shape index (κ3) is 1.86. The van der Waals surface area contributed by atoms with Crippen LogP contribution in [0.2, 0.25) is 0 Å². The van der Waals surface area contributed by atoms with Gasteiger partial charge in [-0.25, -0.2) is 0 Å². The van der Waals surface area contributed by atoms with E-state index in [1.807, 2.05) is 4.90 Å². The highest BCUT2D eigenvalue weighted by Crippen LogP contribution is 2.37. The van der Waals surface area contributed by atoms with E-state index in [4.69, 9.17) is 0 Å². The zero-order valence-corrected chi connectivity index (χ0v) is 10.6. The highest BCUT2D eigenvalue weighted by atomic mass is 16.2. The van der Waals surface area contributed by atoms with E-state index in [2.05, 4.69) is 32.0 Å². The topological polar surface area (TPSA) is 20.3 Å². The van der Waals surface area contributed by atoms with Crippen molar-refractivity contribution < 1.29 is 4.79 Å². The molecule has 1 aromatic rings. The minimum atomic E-state index is 0.325. The summed E-state index contributed by atoms with van der Waals surface area (Å²) in [5.74, 6) is 1.24. The first-order valence-electron chi connectivity index (χ1n) is 6.61. The summed E-state index contributed by atoms with van der Waals surface area (Å²) in [6.45, 7) is 5.31. The van der Waals surface area contributed by atoms with Gasteiger partial charge in [0.25, 0.3) is 0 Å². The maximum atomic E-state index is 12.1. The monoisotopic (exact) mass is 229 g/mol. The lowest BCUT2D eigenvalue weighted by molar-refractivity contribution is -0.119. The molecule has 0 atom stereocenters. The fourth-order valence-electron chi connectivity index (χ4n) is 2.56. The predicted molar refractivity (Wildman–Crippen MR) is 69.3 cm³/mol. The number of benzene rings is 1. The summed E-state index contributed by atoms with van der Waals surface area (Å²) in [4.78, 5) is 14.1. The Labute approximate surface area is 103 Å². The smallest absolute Gasteiger partial charge is 0.230 e. The molecular weight excluding hydrogens is 210 g/mol. The second-order valence-corrected chi connectivity index (χ2v) is 5.56. The summed E-state index contributed by atoms with van der Waals surface area (Å²) in [6, 6.07) is 6.58. The Morgan fingerprint density at radius 1 is 1.35 bits per heavy atom. The molecule has 1 aliphatic heterocycles. The largest absolute Gasteiger partial charge is 0.312 e. The number of carbonyl (C=O) groups is 1. The van der Waals surface area contributed by atoms with E-state index in [9.17, 15) is 4.79 Å². The van der Waals surface area contributed by atoms with Crippen LogP contribution in [0.4, 0.5) is 5.69 Å². The van der Waals surface area contributed by atoms with Gasteiger partial charge in [0.2, 0.25) is 5.91 Å². The molecule has 2 nitrogen and oxygen atoms in total. The van der Waals surface area contributed by atoms with Gasteiger partial charge in [-0.3, -0.25) is 4.79 Å². The molecule has 90 valence electrons. The van der Waals surface area contributed by atoms with Gasteiger partial charge in [0.15, 0.2) is 0 Å². The lowest BCUT2D eigenvalue weighted by Gasteiger charge is -2.17. The molecule has 1 amide bonds. The van der Waals surface area contributed by atoms with E-state index in [1.165, 1.54) is 11.1 Å². The molecule has 2 heteroatoms. The lowest BCUT2D eigenvalue weighted by Crippen LogP contribution is -2.30. The van der Waals surface area contributed by atoms with E-state index in [0.29, 0.717) is 17.7 Å². The Balaban J connectivity index is 1.89. The summed E-state index contributed by atoms with van der Waals surface area (Å²) < 4.78 is 0. The predicted octanol–water partition coefficient (Wildman–Crippen LogP) is 3.11. The van der Waals surface area contributed by atoms with Crippen molar-refractivity contribution in [3.8, 4) is 0 Å². The summed E-state index contributed by atoms with van der Waals surface area (Å²) in [6.07, 6.45) is 3.21. The van der Waals surface area contributed by atoms with Gasteiger partial charge in [-0.2, -0.15) is 0 Å². The first kappa shape index (κ1) is 10.8. The van der Waals surface area contributed by atoms with Crippen LogP contribution >= 0.6 is 0 Å². The number of hydrogen-bond acceptors (Lipinski definition) is 1. The minimum absolute atomic E-state index is 0.325. The quantitative estimate of drug-likeness (QED) is 0.763. The Hall–Kier alpha value is -1.31. The Morgan fingerprint density at radius 2 is 2.12 bits per heavy atom. The normalized spacial score (nSPS) is 18.6. The molecule has 0 spiro atoms. The maximum absolute atomic E-state index is 12.1. The van der Waals surface area contributed by atoms with Crippen LogP contribution in [-0.4, -0.2) is 12.5 Å². The minimum Gasteiger partial charge on any atom is -0.312 e. The van der Waals surface area contributed by atoms with Crippen molar-refractivity contribution in [2.75, 3.05) is 11.4 Å². The van der Waals surface area contributed by atoms with Gasteiger partial charge >= 0.3 is 0 Å². The molecule has 0 aromatic heterocycles. The van der Waals surface area contributed by atoms with E-state index in [1.54, 1.807) is 0 Å². The van der Waals surface area contributed by atoms with E-state index in [-0.39, 0.29) is 0 Å². The first-order valence-corrected chi connectivity index (χ1v) is 6.61. The van der Waals surface area contributed by atoms with Gasteiger partial charge in [0.05, 0.1) is 0 Å². The van der Waals surface area contributed by atoms with Crippen LogP contribution in [0.5, 0.6) is 0 Å². The summed E-state index contributed by atoms with van der Waals surface area (Å²) in [5.41, 5.74) is 3.89. The summed E-state index contributed by atoms with van der Waals surface area (Å²) in [7, 11) is 0. The average Bonchev–Trinajstić information content (AvgIpc) is 3.07. The Bertz CT molecular complexity index is 460. The molecule has 17 heavy (non-hydrogen) atoms. The van der Waals surface area contributed by atoms with E-state index in [0.717, 1.165) is 31.5 Å². The van der Waals surface area contributed by atoms with Gasteiger partial charge in [0.1, 0.15) is 0 Å². The number of nitrogens with zero attached hydrogens (tertiary/aromatic N) is 1. The maximum Gasteiger partial charge on any atom is 0.230 e. The van der Waals surface area contributed by atoms with Crippen LogP contribution in [-0.2, 0) is 11.2 Å². The molecule has 3 rings (SSSR count). The number of hydrogen-bond donors (Lipinski definition) is 0. The molecule has 1 fully saturated rings. The van der Waals surface area contributed by atoms with Crippen molar-refractivity contribution in [3.05, 3.63) is 29.3 Å². The Kier molecular flexibility index (Phi) is 2.46. The number of fused-ring (bicyclic) bond motifs is 1.